The van der Waals surface area contributed by atoms with Crippen molar-refractivity contribution >= 4 is 23.2 Å². The van der Waals surface area contributed by atoms with E-state index < -0.39 is 12.0 Å². The third-order valence-corrected chi connectivity index (χ3v) is 4.57. The first-order chi connectivity index (χ1) is 12.9. The van der Waals surface area contributed by atoms with Crippen LogP contribution in [0.15, 0.2) is 59.7 Å². The van der Waals surface area contributed by atoms with Crippen molar-refractivity contribution in [1.82, 2.24) is 5.01 Å². The van der Waals surface area contributed by atoms with E-state index in [1.54, 1.807) is 24.3 Å². The number of para-hydroxylation sites is 1. The number of hydrazone groups is 1. The van der Waals surface area contributed by atoms with Crippen molar-refractivity contribution in [2.45, 2.75) is 26.8 Å². The number of hydrogen-bond acceptors (Lipinski definition) is 3. The monoisotopic (exact) mass is 367 g/mol. The van der Waals surface area contributed by atoms with Crippen LogP contribution in [0.4, 0.5) is 10.1 Å². The van der Waals surface area contributed by atoms with Crippen LogP contribution < -0.4 is 5.32 Å². The number of anilines is 1. The molecule has 1 heterocycles. The summed E-state index contributed by atoms with van der Waals surface area (Å²) >= 11 is 0. The van der Waals surface area contributed by atoms with Gasteiger partial charge in [0.2, 0.25) is 11.8 Å². The van der Waals surface area contributed by atoms with Crippen LogP contribution in [0, 0.1) is 17.7 Å². The molecule has 140 valence electrons. The maximum Gasteiger partial charge on any atom is 0.240 e. The van der Waals surface area contributed by atoms with Crippen molar-refractivity contribution in [1.29, 1.82) is 0 Å². The molecule has 2 unspecified atom stereocenters. The molecule has 0 spiro atoms. The minimum absolute atomic E-state index is 0.0242. The van der Waals surface area contributed by atoms with E-state index in [0.717, 1.165) is 0 Å². The lowest BCUT2D eigenvalue weighted by Crippen LogP contribution is -2.37. The van der Waals surface area contributed by atoms with E-state index in [9.17, 15) is 14.0 Å². The van der Waals surface area contributed by atoms with Gasteiger partial charge in [0.15, 0.2) is 0 Å². The summed E-state index contributed by atoms with van der Waals surface area (Å²) in [6, 6.07) is 14.4. The predicted octanol–water partition coefficient (Wildman–Crippen LogP) is 4.00. The molecule has 3 rings (SSSR count). The van der Waals surface area contributed by atoms with Crippen molar-refractivity contribution in [3.63, 3.8) is 0 Å². The molecule has 6 heteroatoms. The molecule has 0 fully saturated rings. The molecule has 2 atom stereocenters. The molecular formula is C21H22FN3O2. The number of halogens is 1. The number of carbonyl (C=O) groups excluding carboxylic acids is 2. The molecule has 2 aromatic carbocycles. The van der Waals surface area contributed by atoms with Crippen molar-refractivity contribution in [3.05, 3.63) is 66.0 Å². The third-order valence-electron chi connectivity index (χ3n) is 4.57. The molecule has 2 amide bonds. The topological polar surface area (TPSA) is 61.8 Å². The standard InChI is InChI=1S/C21H22FN3O2/c1-13(2)19-18(21(27)23-17-7-5-4-6-8-17)20(25(24-19)14(3)26)15-9-11-16(22)12-10-15/h4-13,18,20H,1-3H3,(H,23,27). The molecule has 1 aliphatic heterocycles. The highest BCUT2D eigenvalue weighted by atomic mass is 19.1. The Labute approximate surface area is 157 Å². The van der Waals surface area contributed by atoms with Crippen molar-refractivity contribution < 1.29 is 14.0 Å². The Hall–Kier alpha value is -3.02. The third kappa shape index (κ3) is 3.89. The Morgan fingerprint density at radius 1 is 1.07 bits per heavy atom. The molecule has 0 saturated carbocycles. The number of carbonyl (C=O) groups is 2. The van der Waals surface area contributed by atoms with Crippen LogP contribution in [0.2, 0.25) is 0 Å². The highest BCUT2D eigenvalue weighted by Gasteiger charge is 2.45. The van der Waals surface area contributed by atoms with Crippen LogP contribution >= 0.6 is 0 Å². The van der Waals surface area contributed by atoms with Gasteiger partial charge in [-0.1, -0.05) is 44.2 Å². The second-order valence-corrected chi connectivity index (χ2v) is 6.87. The quantitative estimate of drug-likeness (QED) is 0.888. The Morgan fingerprint density at radius 2 is 1.70 bits per heavy atom. The highest BCUT2D eigenvalue weighted by Crippen LogP contribution is 2.38. The van der Waals surface area contributed by atoms with Crippen molar-refractivity contribution in [3.8, 4) is 0 Å². The summed E-state index contributed by atoms with van der Waals surface area (Å²) in [5.74, 6) is -1.56. The van der Waals surface area contributed by atoms with Crippen LogP contribution in [0.5, 0.6) is 0 Å². The second-order valence-electron chi connectivity index (χ2n) is 6.87. The smallest absolute Gasteiger partial charge is 0.240 e. The average Bonchev–Trinajstić information content (AvgIpc) is 3.04. The molecule has 0 bridgehead atoms. The SMILES string of the molecule is CC(=O)N1N=C(C(C)C)C(C(=O)Nc2ccccc2)C1c1ccc(F)cc1. The molecule has 1 aliphatic rings. The summed E-state index contributed by atoms with van der Waals surface area (Å²) in [7, 11) is 0. The van der Waals surface area contributed by atoms with Crippen molar-refractivity contribution in [2.24, 2.45) is 16.9 Å². The molecule has 0 radical (unpaired) electrons. The van der Waals surface area contributed by atoms with Crippen LogP contribution in [0.1, 0.15) is 32.4 Å². The first-order valence-corrected chi connectivity index (χ1v) is 8.88. The summed E-state index contributed by atoms with van der Waals surface area (Å²) in [6.45, 7) is 5.29. The molecule has 2 aromatic rings. The normalized spacial score (nSPS) is 19.1. The zero-order chi connectivity index (χ0) is 19.6. The van der Waals surface area contributed by atoms with E-state index in [0.29, 0.717) is 17.0 Å². The number of amides is 2. The fraction of sp³-hybridized carbons (Fsp3) is 0.286. The maximum atomic E-state index is 13.4. The van der Waals surface area contributed by atoms with Crippen LogP contribution in [-0.4, -0.2) is 22.5 Å². The lowest BCUT2D eigenvalue weighted by atomic mass is 9.84. The maximum absolute atomic E-state index is 13.4. The van der Waals surface area contributed by atoms with Gasteiger partial charge in [0.1, 0.15) is 11.7 Å². The van der Waals surface area contributed by atoms with Gasteiger partial charge in [0, 0.05) is 12.6 Å². The van der Waals surface area contributed by atoms with E-state index in [4.69, 9.17) is 0 Å². The Morgan fingerprint density at radius 3 is 2.26 bits per heavy atom. The summed E-state index contributed by atoms with van der Waals surface area (Å²) in [5.41, 5.74) is 1.97. The van der Waals surface area contributed by atoms with Crippen LogP contribution in [0.3, 0.4) is 0 Å². The molecule has 0 saturated heterocycles. The second kappa shape index (κ2) is 7.70. The first kappa shape index (κ1) is 18.8. The van der Waals surface area contributed by atoms with Gasteiger partial charge in [-0.05, 0) is 35.7 Å². The fourth-order valence-corrected chi connectivity index (χ4v) is 3.31. The summed E-state index contributed by atoms with van der Waals surface area (Å²) in [4.78, 5) is 25.3. The first-order valence-electron chi connectivity index (χ1n) is 8.88. The molecule has 0 aromatic heterocycles. The largest absolute Gasteiger partial charge is 0.325 e. The summed E-state index contributed by atoms with van der Waals surface area (Å²) in [5, 5.41) is 8.70. The lowest BCUT2D eigenvalue weighted by Gasteiger charge is -2.26. The zero-order valence-electron chi connectivity index (χ0n) is 15.5. The van der Waals surface area contributed by atoms with E-state index in [-0.39, 0.29) is 23.5 Å². The number of benzene rings is 2. The minimum atomic E-state index is -0.653. The lowest BCUT2D eigenvalue weighted by molar-refractivity contribution is -0.132. The van der Waals surface area contributed by atoms with Crippen LogP contribution in [-0.2, 0) is 9.59 Å². The number of nitrogens with one attached hydrogen (secondary N) is 1. The Kier molecular flexibility index (Phi) is 5.35. The molecule has 5 nitrogen and oxygen atoms in total. The van der Waals surface area contributed by atoms with Gasteiger partial charge in [0.05, 0.1) is 11.8 Å². The minimum Gasteiger partial charge on any atom is -0.325 e. The summed E-state index contributed by atoms with van der Waals surface area (Å²) in [6.07, 6.45) is 0. The van der Waals surface area contributed by atoms with Gasteiger partial charge >= 0.3 is 0 Å². The number of hydrogen-bond donors (Lipinski definition) is 1. The molecule has 1 N–H and O–H groups in total. The number of rotatable bonds is 4. The Bertz CT molecular complexity index is 863. The van der Waals surface area contributed by atoms with Crippen LogP contribution in [0.25, 0.3) is 0 Å². The van der Waals surface area contributed by atoms with E-state index in [1.807, 2.05) is 32.0 Å². The zero-order valence-corrected chi connectivity index (χ0v) is 15.5. The Balaban J connectivity index is 2.01. The molecule has 27 heavy (non-hydrogen) atoms. The van der Waals surface area contributed by atoms with E-state index in [1.165, 1.54) is 24.1 Å². The van der Waals surface area contributed by atoms with Crippen molar-refractivity contribution in [2.75, 3.05) is 5.32 Å². The van der Waals surface area contributed by atoms with Gasteiger partial charge in [-0.25, -0.2) is 9.40 Å². The molecule has 0 aliphatic carbocycles. The number of nitrogens with zero attached hydrogens (tertiary/aromatic N) is 2. The fourth-order valence-electron chi connectivity index (χ4n) is 3.31. The van der Waals surface area contributed by atoms with Gasteiger partial charge < -0.3 is 5.32 Å². The van der Waals surface area contributed by atoms with Gasteiger partial charge in [-0.15, -0.1) is 0 Å². The van der Waals surface area contributed by atoms with Gasteiger partial charge in [-0.3, -0.25) is 9.59 Å². The van der Waals surface area contributed by atoms with Gasteiger partial charge in [0.25, 0.3) is 0 Å². The van der Waals surface area contributed by atoms with E-state index in [2.05, 4.69) is 10.4 Å². The van der Waals surface area contributed by atoms with E-state index >= 15 is 0 Å². The van der Waals surface area contributed by atoms with Gasteiger partial charge in [-0.2, -0.15) is 5.10 Å². The summed E-state index contributed by atoms with van der Waals surface area (Å²) < 4.78 is 13.4. The molecular weight excluding hydrogens is 345 g/mol. The highest BCUT2D eigenvalue weighted by molar-refractivity contribution is 6.12. The average molecular weight is 367 g/mol. The predicted molar refractivity (Wildman–Crippen MR) is 102 cm³/mol.